The smallest absolute Gasteiger partial charge is 0.251 e. The third-order valence-electron chi connectivity index (χ3n) is 5.03. The highest BCUT2D eigenvalue weighted by Crippen LogP contribution is 2.21. The maximum absolute atomic E-state index is 13.5. The second kappa shape index (κ2) is 9.03. The summed E-state index contributed by atoms with van der Waals surface area (Å²) in [6.45, 7) is 0.150. The minimum absolute atomic E-state index is 0.0502. The fourth-order valence-corrected chi connectivity index (χ4v) is 4.67. The number of nitrogens with one attached hydrogen (secondary N) is 1. The predicted molar refractivity (Wildman–Crippen MR) is 114 cm³/mol. The number of halogens is 1. The summed E-state index contributed by atoms with van der Waals surface area (Å²) >= 11 is 0. The summed E-state index contributed by atoms with van der Waals surface area (Å²) in [6, 6.07) is 16.1. The van der Waals surface area contributed by atoms with Gasteiger partial charge in [0.2, 0.25) is 10.0 Å². The normalized spacial score (nSPS) is 14.0. The highest BCUT2D eigenvalue weighted by atomic mass is 32.2. The maximum Gasteiger partial charge on any atom is 0.251 e. The molecule has 1 N–H and O–H groups in total. The summed E-state index contributed by atoms with van der Waals surface area (Å²) in [4.78, 5) is 12.2. The summed E-state index contributed by atoms with van der Waals surface area (Å²) in [5.41, 5.74) is 1.64. The number of sulfonamides is 1. The van der Waals surface area contributed by atoms with Gasteiger partial charge in [-0.15, -0.1) is 0 Å². The Morgan fingerprint density at radius 2 is 1.81 bits per heavy atom. The molecule has 0 unspecified atom stereocenters. The van der Waals surface area contributed by atoms with Crippen LogP contribution in [-0.4, -0.2) is 24.7 Å². The van der Waals surface area contributed by atoms with E-state index in [4.69, 9.17) is 4.42 Å². The number of benzene rings is 2. The van der Waals surface area contributed by atoms with E-state index in [0.29, 0.717) is 16.9 Å². The SMILES string of the molecule is O=C(NC1CC1)c1ccc(CN(Cc2ccco2)S(=O)(=O)Cc2cccc(F)c2)cc1. The van der Waals surface area contributed by atoms with Crippen molar-refractivity contribution >= 4 is 15.9 Å². The van der Waals surface area contributed by atoms with Crippen molar-refractivity contribution in [3.8, 4) is 0 Å². The van der Waals surface area contributed by atoms with Gasteiger partial charge < -0.3 is 9.73 Å². The molecule has 0 spiro atoms. The van der Waals surface area contributed by atoms with Crippen LogP contribution in [0.2, 0.25) is 0 Å². The highest BCUT2D eigenvalue weighted by Gasteiger charge is 2.25. The zero-order chi connectivity index (χ0) is 21.8. The number of furan rings is 1. The van der Waals surface area contributed by atoms with Crippen LogP contribution in [0.15, 0.2) is 71.3 Å². The van der Waals surface area contributed by atoms with Crippen molar-refractivity contribution in [2.45, 2.75) is 37.7 Å². The fourth-order valence-electron chi connectivity index (χ4n) is 3.22. The van der Waals surface area contributed by atoms with E-state index >= 15 is 0 Å². The van der Waals surface area contributed by atoms with Gasteiger partial charge in [0.05, 0.1) is 18.6 Å². The van der Waals surface area contributed by atoms with Crippen molar-refractivity contribution in [1.29, 1.82) is 0 Å². The Labute approximate surface area is 180 Å². The van der Waals surface area contributed by atoms with Gasteiger partial charge in [0.1, 0.15) is 11.6 Å². The Kier molecular flexibility index (Phi) is 6.20. The second-order valence-electron chi connectivity index (χ2n) is 7.68. The van der Waals surface area contributed by atoms with E-state index in [1.54, 1.807) is 42.5 Å². The number of rotatable bonds is 9. The monoisotopic (exact) mass is 442 g/mol. The first-order valence-electron chi connectivity index (χ1n) is 10.0. The lowest BCUT2D eigenvalue weighted by Crippen LogP contribution is -2.31. The molecule has 1 aromatic heterocycles. The van der Waals surface area contributed by atoms with Crippen LogP contribution in [0.1, 0.15) is 40.1 Å². The van der Waals surface area contributed by atoms with Gasteiger partial charge in [-0.05, 0) is 60.4 Å². The molecule has 1 aliphatic rings. The van der Waals surface area contributed by atoms with Gasteiger partial charge in [0, 0.05) is 18.2 Å². The van der Waals surface area contributed by atoms with Gasteiger partial charge in [-0.1, -0.05) is 24.3 Å². The third-order valence-corrected chi connectivity index (χ3v) is 6.77. The lowest BCUT2D eigenvalue weighted by molar-refractivity contribution is 0.0951. The number of nitrogens with zero attached hydrogens (tertiary/aromatic N) is 1. The molecular weight excluding hydrogens is 419 g/mol. The fraction of sp³-hybridized carbons (Fsp3) is 0.261. The Morgan fingerprint density at radius 3 is 2.45 bits per heavy atom. The van der Waals surface area contributed by atoms with Gasteiger partial charge in [0.25, 0.3) is 5.91 Å². The standard InChI is InChI=1S/C23H23FN2O4S/c24-20-4-1-3-18(13-20)16-31(28,29)26(15-22-5-2-12-30-22)14-17-6-8-19(9-7-17)23(27)25-21-10-11-21/h1-9,12-13,21H,10-11,14-16H2,(H,25,27). The minimum atomic E-state index is -3.77. The molecule has 8 heteroatoms. The van der Waals surface area contributed by atoms with Crippen LogP contribution in [0, 0.1) is 5.82 Å². The van der Waals surface area contributed by atoms with Crippen LogP contribution < -0.4 is 5.32 Å². The first kappa shape index (κ1) is 21.3. The van der Waals surface area contributed by atoms with E-state index in [0.717, 1.165) is 18.4 Å². The molecule has 2 aromatic carbocycles. The predicted octanol–water partition coefficient (Wildman–Crippen LogP) is 3.84. The first-order chi connectivity index (χ1) is 14.9. The van der Waals surface area contributed by atoms with Gasteiger partial charge in [0.15, 0.2) is 0 Å². The van der Waals surface area contributed by atoms with Gasteiger partial charge >= 0.3 is 0 Å². The van der Waals surface area contributed by atoms with Crippen LogP contribution in [-0.2, 0) is 28.9 Å². The van der Waals surface area contributed by atoms with Crippen LogP contribution >= 0.6 is 0 Å². The summed E-state index contributed by atoms with van der Waals surface area (Å²) < 4.78 is 46.5. The largest absolute Gasteiger partial charge is 0.468 e. The molecule has 1 heterocycles. The molecule has 31 heavy (non-hydrogen) atoms. The molecule has 1 amide bonds. The molecule has 3 aromatic rings. The molecule has 0 atom stereocenters. The second-order valence-corrected chi connectivity index (χ2v) is 9.65. The molecule has 6 nitrogen and oxygen atoms in total. The minimum Gasteiger partial charge on any atom is -0.468 e. The van der Waals surface area contributed by atoms with Crippen molar-refractivity contribution in [2.75, 3.05) is 0 Å². The number of carbonyl (C=O) groups is 1. The van der Waals surface area contributed by atoms with Crippen LogP contribution in [0.25, 0.3) is 0 Å². The Bertz CT molecular complexity index is 1140. The molecular formula is C23H23FN2O4S. The number of hydrogen-bond donors (Lipinski definition) is 1. The van der Waals surface area contributed by atoms with E-state index in [9.17, 15) is 17.6 Å². The number of amides is 1. The summed E-state index contributed by atoms with van der Waals surface area (Å²) in [5.74, 6) is -0.429. The van der Waals surface area contributed by atoms with E-state index in [1.165, 1.54) is 28.8 Å². The average molecular weight is 443 g/mol. The Hall–Kier alpha value is -2.97. The quantitative estimate of drug-likeness (QED) is 0.546. The van der Waals surface area contributed by atoms with E-state index in [-0.39, 0.29) is 30.8 Å². The summed E-state index contributed by atoms with van der Waals surface area (Å²) in [6.07, 6.45) is 3.50. The lowest BCUT2D eigenvalue weighted by atomic mass is 10.1. The topological polar surface area (TPSA) is 79.6 Å². The Balaban J connectivity index is 1.52. The van der Waals surface area contributed by atoms with E-state index in [1.807, 2.05) is 0 Å². The van der Waals surface area contributed by atoms with Crippen LogP contribution in [0.4, 0.5) is 4.39 Å². The zero-order valence-electron chi connectivity index (χ0n) is 16.8. The van der Waals surface area contributed by atoms with Crippen LogP contribution in [0.5, 0.6) is 0 Å². The lowest BCUT2D eigenvalue weighted by Gasteiger charge is -2.21. The highest BCUT2D eigenvalue weighted by molar-refractivity contribution is 7.88. The van der Waals surface area contributed by atoms with Gasteiger partial charge in [-0.3, -0.25) is 4.79 Å². The molecule has 0 saturated heterocycles. The summed E-state index contributed by atoms with van der Waals surface area (Å²) in [7, 11) is -3.77. The van der Waals surface area contributed by atoms with E-state index < -0.39 is 15.8 Å². The first-order valence-corrected chi connectivity index (χ1v) is 11.6. The van der Waals surface area contributed by atoms with Crippen LogP contribution in [0.3, 0.4) is 0 Å². The van der Waals surface area contributed by atoms with Crippen molar-refractivity contribution in [2.24, 2.45) is 0 Å². The molecule has 1 fully saturated rings. The number of hydrogen-bond acceptors (Lipinski definition) is 4. The van der Waals surface area contributed by atoms with Gasteiger partial charge in [-0.2, -0.15) is 4.31 Å². The molecule has 1 aliphatic carbocycles. The van der Waals surface area contributed by atoms with Gasteiger partial charge in [-0.25, -0.2) is 12.8 Å². The van der Waals surface area contributed by atoms with Crippen molar-refractivity contribution in [1.82, 2.24) is 9.62 Å². The number of carbonyl (C=O) groups excluding carboxylic acids is 1. The van der Waals surface area contributed by atoms with E-state index in [2.05, 4.69) is 5.32 Å². The molecule has 1 saturated carbocycles. The average Bonchev–Trinajstić information content (AvgIpc) is 3.39. The third kappa shape index (κ3) is 5.80. The maximum atomic E-state index is 13.5. The molecule has 162 valence electrons. The zero-order valence-corrected chi connectivity index (χ0v) is 17.6. The summed E-state index contributed by atoms with van der Waals surface area (Å²) in [5, 5.41) is 2.93. The molecule has 0 aliphatic heterocycles. The van der Waals surface area contributed by atoms with Crippen molar-refractivity contribution in [3.05, 3.63) is 95.2 Å². The van der Waals surface area contributed by atoms with Crippen molar-refractivity contribution < 1.29 is 22.0 Å². The Morgan fingerprint density at radius 1 is 1.03 bits per heavy atom. The molecule has 4 rings (SSSR count). The van der Waals surface area contributed by atoms with Crippen molar-refractivity contribution in [3.63, 3.8) is 0 Å². The molecule has 0 bridgehead atoms. The molecule has 0 radical (unpaired) electrons.